The first-order chi connectivity index (χ1) is 8.42. The molecule has 3 N–H and O–H groups in total. The Kier molecular flexibility index (Phi) is 4.55. The quantitative estimate of drug-likeness (QED) is 0.826. The second-order valence-corrected chi connectivity index (χ2v) is 4.18. The highest BCUT2D eigenvalue weighted by molar-refractivity contribution is 5.74. The van der Waals surface area contributed by atoms with Crippen molar-refractivity contribution in [2.24, 2.45) is 5.73 Å². The van der Waals surface area contributed by atoms with Gasteiger partial charge in [-0.3, -0.25) is 4.79 Å². The van der Waals surface area contributed by atoms with Crippen LogP contribution in [0.3, 0.4) is 0 Å². The first-order valence-electron chi connectivity index (χ1n) is 5.61. The number of methoxy groups -OCH3 is 2. The molecule has 0 amide bonds. The van der Waals surface area contributed by atoms with Crippen LogP contribution in [-0.4, -0.2) is 31.3 Å². The molecule has 1 aromatic rings. The smallest absolute Gasteiger partial charge is 0.320 e. The van der Waals surface area contributed by atoms with Crippen LogP contribution < -0.4 is 15.2 Å². The van der Waals surface area contributed by atoms with E-state index in [9.17, 15) is 4.79 Å². The summed E-state index contributed by atoms with van der Waals surface area (Å²) in [5, 5.41) is 8.87. The van der Waals surface area contributed by atoms with Gasteiger partial charge < -0.3 is 20.3 Å². The van der Waals surface area contributed by atoms with Crippen LogP contribution in [0.4, 0.5) is 0 Å². The van der Waals surface area contributed by atoms with Crippen LogP contribution in [0.5, 0.6) is 11.5 Å². The zero-order valence-corrected chi connectivity index (χ0v) is 11.1. The van der Waals surface area contributed by atoms with E-state index in [1.165, 1.54) is 0 Å². The average molecular weight is 253 g/mol. The number of benzene rings is 1. The second-order valence-electron chi connectivity index (χ2n) is 4.18. The largest absolute Gasteiger partial charge is 0.493 e. The zero-order chi connectivity index (χ0) is 13.9. The summed E-state index contributed by atoms with van der Waals surface area (Å²) in [6.45, 7) is 3.77. The molecule has 18 heavy (non-hydrogen) atoms. The maximum atomic E-state index is 10.8. The van der Waals surface area contributed by atoms with Crippen LogP contribution in [0.1, 0.15) is 16.7 Å². The van der Waals surface area contributed by atoms with Crippen molar-refractivity contribution in [3.05, 3.63) is 22.8 Å². The predicted molar refractivity (Wildman–Crippen MR) is 68.3 cm³/mol. The molecule has 0 fully saturated rings. The molecule has 1 unspecified atom stereocenters. The maximum Gasteiger partial charge on any atom is 0.320 e. The highest BCUT2D eigenvalue weighted by Gasteiger charge is 2.19. The van der Waals surface area contributed by atoms with E-state index in [0.717, 1.165) is 16.7 Å². The minimum atomic E-state index is -1.01. The third-order valence-corrected chi connectivity index (χ3v) is 3.01. The Morgan fingerprint density at radius 3 is 2.44 bits per heavy atom. The zero-order valence-electron chi connectivity index (χ0n) is 11.1. The van der Waals surface area contributed by atoms with Crippen molar-refractivity contribution in [2.75, 3.05) is 14.2 Å². The number of aryl methyl sites for hydroxylation is 1. The van der Waals surface area contributed by atoms with Crippen LogP contribution in [0.15, 0.2) is 6.07 Å². The topological polar surface area (TPSA) is 81.8 Å². The Bertz CT molecular complexity index is 457. The van der Waals surface area contributed by atoms with E-state index in [2.05, 4.69) is 0 Å². The molecule has 0 saturated carbocycles. The molecule has 100 valence electrons. The Morgan fingerprint density at radius 1 is 1.39 bits per heavy atom. The third kappa shape index (κ3) is 2.73. The van der Waals surface area contributed by atoms with Gasteiger partial charge in [-0.15, -0.1) is 0 Å². The Morgan fingerprint density at radius 2 is 2.00 bits per heavy atom. The maximum absolute atomic E-state index is 10.8. The van der Waals surface area contributed by atoms with E-state index in [4.69, 9.17) is 20.3 Å². The number of rotatable bonds is 5. The summed E-state index contributed by atoms with van der Waals surface area (Å²) in [6, 6.07) is 0.913. The number of carbonyl (C=O) groups is 1. The van der Waals surface area contributed by atoms with Gasteiger partial charge in [0.1, 0.15) is 6.04 Å². The van der Waals surface area contributed by atoms with Crippen LogP contribution in [0.25, 0.3) is 0 Å². The van der Waals surface area contributed by atoms with Crippen molar-refractivity contribution in [2.45, 2.75) is 26.3 Å². The molecule has 0 bridgehead atoms. The van der Waals surface area contributed by atoms with Gasteiger partial charge in [-0.1, -0.05) is 0 Å². The van der Waals surface area contributed by atoms with E-state index >= 15 is 0 Å². The fourth-order valence-electron chi connectivity index (χ4n) is 1.99. The molecule has 0 heterocycles. The van der Waals surface area contributed by atoms with Crippen molar-refractivity contribution >= 4 is 5.97 Å². The molecule has 0 saturated heterocycles. The molecule has 0 aliphatic carbocycles. The van der Waals surface area contributed by atoms with Gasteiger partial charge >= 0.3 is 5.97 Å². The highest BCUT2D eigenvalue weighted by Crippen LogP contribution is 2.35. The van der Waals surface area contributed by atoms with E-state index < -0.39 is 12.0 Å². The molecule has 1 atom stereocenters. The van der Waals surface area contributed by atoms with E-state index in [0.29, 0.717) is 11.5 Å². The molecule has 1 rings (SSSR count). The molecule has 0 aliphatic heterocycles. The normalized spacial score (nSPS) is 12.1. The van der Waals surface area contributed by atoms with Crippen molar-refractivity contribution in [3.63, 3.8) is 0 Å². The molecule has 5 nitrogen and oxygen atoms in total. The van der Waals surface area contributed by atoms with Crippen molar-refractivity contribution in [1.82, 2.24) is 0 Å². The first-order valence-corrected chi connectivity index (χ1v) is 5.61. The molecule has 0 aliphatic rings. The van der Waals surface area contributed by atoms with E-state index in [1.807, 2.05) is 19.9 Å². The Labute approximate surface area is 107 Å². The number of hydrogen-bond acceptors (Lipinski definition) is 4. The number of hydrogen-bond donors (Lipinski definition) is 2. The van der Waals surface area contributed by atoms with Gasteiger partial charge in [0.05, 0.1) is 14.2 Å². The van der Waals surface area contributed by atoms with E-state index in [1.54, 1.807) is 14.2 Å². The second kappa shape index (κ2) is 5.73. The number of carboxylic acid groups (broad SMARTS) is 1. The fraction of sp³-hybridized carbons (Fsp3) is 0.462. The first kappa shape index (κ1) is 14.3. The summed E-state index contributed by atoms with van der Waals surface area (Å²) in [4.78, 5) is 10.8. The van der Waals surface area contributed by atoms with Crippen molar-refractivity contribution < 1.29 is 19.4 Å². The fourth-order valence-corrected chi connectivity index (χ4v) is 1.99. The standard InChI is InChI=1S/C13H19NO4/c1-7-5-11(17-3)12(18-4)8(2)9(7)6-10(14)13(15)16/h5,10H,6,14H2,1-4H3,(H,15,16). The molecule has 1 aromatic carbocycles. The lowest BCUT2D eigenvalue weighted by Gasteiger charge is -2.18. The SMILES string of the molecule is COc1cc(C)c(CC(N)C(=O)O)c(C)c1OC. The predicted octanol–water partition coefficient (Wildman–Crippen LogP) is 1.28. The molecule has 0 aromatic heterocycles. The van der Waals surface area contributed by atoms with Gasteiger partial charge in [-0.25, -0.2) is 0 Å². The van der Waals surface area contributed by atoms with Crippen LogP contribution in [-0.2, 0) is 11.2 Å². The monoisotopic (exact) mass is 253 g/mol. The van der Waals surface area contributed by atoms with Gasteiger partial charge in [0.15, 0.2) is 11.5 Å². The highest BCUT2D eigenvalue weighted by atomic mass is 16.5. The Hall–Kier alpha value is -1.75. The summed E-state index contributed by atoms with van der Waals surface area (Å²) in [7, 11) is 3.13. The minimum absolute atomic E-state index is 0.271. The lowest BCUT2D eigenvalue weighted by Crippen LogP contribution is -2.32. The summed E-state index contributed by atoms with van der Waals surface area (Å²) in [5.41, 5.74) is 8.28. The van der Waals surface area contributed by atoms with Gasteiger partial charge in [0, 0.05) is 0 Å². The Balaban J connectivity index is 3.24. The van der Waals surface area contributed by atoms with Crippen molar-refractivity contribution in [3.8, 4) is 11.5 Å². The number of aliphatic carboxylic acids is 1. The number of carboxylic acids is 1. The molecular formula is C13H19NO4. The summed E-state index contributed by atoms with van der Waals surface area (Å²) in [6.07, 6.45) is 0.271. The molecule has 0 spiro atoms. The molecular weight excluding hydrogens is 234 g/mol. The average Bonchev–Trinajstić information content (AvgIpc) is 2.33. The lowest BCUT2D eigenvalue weighted by molar-refractivity contribution is -0.138. The van der Waals surface area contributed by atoms with Gasteiger partial charge in [0.25, 0.3) is 0 Å². The van der Waals surface area contributed by atoms with Crippen LogP contribution in [0, 0.1) is 13.8 Å². The molecule has 5 heteroatoms. The minimum Gasteiger partial charge on any atom is -0.493 e. The third-order valence-electron chi connectivity index (χ3n) is 3.01. The van der Waals surface area contributed by atoms with Gasteiger partial charge in [-0.2, -0.15) is 0 Å². The van der Waals surface area contributed by atoms with Crippen LogP contribution in [0.2, 0.25) is 0 Å². The molecule has 0 radical (unpaired) electrons. The van der Waals surface area contributed by atoms with E-state index in [-0.39, 0.29) is 6.42 Å². The summed E-state index contributed by atoms with van der Waals surface area (Å²) in [5.74, 6) is 0.249. The number of ether oxygens (including phenoxy) is 2. The van der Waals surface area contributed by atoms with Crippen LogP contribution >= 0.6 is 0 Å². The van der Waals surface area contributed by atoms with Gasteiger partial charge in [-0.05, 0) is 43.0 Å². The number of nitrogens with two attached hydrogens (primary N) is 1. The van der Waals surface area contributed by atoms with Crippen molar-refractivity contribution in [1.29, 1.82) is 0 Å². The summed E-state index contributed by atoms with van der Waals surface area (Å²) < 4.78 is 10.5. The van der Waals surface area contributed by atoms with Gasteiger partial charge in [0.2, 0.25) is 0 Å². The lowest BCUT2D eigenvalue weighted by atomic mass is 9.95. The summed E-state index contributed by atoms with van der Waals surface area (Å²) >= 11 is 0.